The van der Waals surface area contributed by atoms with Crippen molar-refractivity contribution in [2.24, 2.45) is 5.92 Å². The maximum absolute atomic E-state index is 12.4. The van der Waals surface area contributed by atoms with Crippen molar-refractivity contribution in [3.05, 3.63) is 24.0 Å². The number of hydrogen-bond donors (Lipinski definition) is 1. The molecule has 0 aromatic carbocycles. The first-order chi connectivity index (χ1) is 10.2. The molecular weight excluding hydrogens is 264 g/mol. The minimum Gasteiger partial charge on any atom is -0.397 e. The molecule has 1 amide bonds. The molecule has 1 aliphatic heterocycles. The summed E-state index contributed by atoms with van der Waals surface area (Å²) in [5.41, 5.74) is 6.69. The summed E-state index contributed by atoms with van der Waals surface area (Å²) in [7, 11) is 0. The zero-order valence-corrected chi connectivity index (χ0v) is 13.1. The van der Waals surface area contributed by atoms with Gasteiger partial charge in [-0.3, -0.25) is 4.79 Å². The summed E-state index contributed by atoms with van der Waals surface area (Å²) in [5.74, 6) is 0.657. The predicted molar refractivity (Wildman–Crippen MR) is 85.1 cm³/mol. The highest BCUT2D eigenvalue weighted by atomic mass is 16.2. The van der Waals surface area contributed by atoms with Crippen molar-refractivity contribution in [1.82, 2.24) is 14.8 Å². The summed E-state index contributed by atoms with van der Waals surface area (Å²) in [6.45, 7) is 9.35. The molecule has 21 heavy (non-hydrogen) atoms. The van der Waals surface area contributed by atoms with Gasteiger partial charge < -0.3 is 15.5 Å². The number of anilines is 1. The van der Waals surface area contributed by atoms with Gasteiger partial charge in [0.15, 0.2) is 5.69 Å². The van der Waals surface area contributed by atoms with Gasteiger partial charge in [-0.1, -0.05) is 13.8 Å². The van der Waals surface area contributed by atoms with Crippen LogP contribution in [-0.2, 0) is 0 Å². The second-order valence-electron chi connectivity index (χ2n) is 5.66. The average molecular weight is 290 g/mol. The van der Waals surface area contributed by atoms with Crippen molar-refractivity contribution in [2.45, 2.75) is 26.7 Å². The van der Waals surface area contributed by atoms with Gasteiger partial charge in [0.25, 0.3) is 5.91 Å². The van der Waals surface area contributed by atoms with Crippen LogP contribution in [0.5, 0.6) is 0 Å². The molecule has 1 aromatic heterocycles. The maximum atomic E-state index is 12.4. The molecule has 0 bridgehead atoms. The molecule has 0 radical (unpaired) electrons. The van der Waals surface area contributed by atoms with Gasteiger partial charge >= 0.3 is 0 Å². The lowest BCUT2D eigenvalue weighted by atomic mass is 9.96. The van der Waals surface area contributed by atoms with Crippen molar-refractivity contribution in [3.8, 4) is 0 Å². The number of carbonyl (C=O) groups excluding carboxylic acids is 1. The second kappa shape index (κ2) is 7.41. The van der Waals surface area contributed by atoms with E-state index >= 15 is 0 Å². The fourth-order valence-electron chi connectivity index (χ4n) is 2.91. The Kier molecular flexibility index (Phi) is 5.56. The van der Waals surface area contributed by atoms with Gasteiger partial charge in [-0.25, -0.2) is 4.98 Å². The minimum atomic E-state index is -0.0330. The highest BCUT2D eigenvalue weighted by Crippen LogP contribution is 2.21. The Morgan fingerprint density at radius 2 is 2.05 bits per heavy atom. The van der Waals surface area contributed by atoms with Crippen LogP contribution in [0.25, 0.3) is 0 Å². The molecule has 1 aliphatic rings. The smallest absolute Gasteiger partial charge is 0.274 e. The third-order valence-corrected chi connectivity index (χ3v) is 4.35. The summed E-state index contributed by atoms with van der Waals surface area (Å²) < 4.78 is 0. The van der Waals surface area contributed by atoms with E-state index in [1.165, 1.54) is 0 Å². The lowest BCUT2D eigenvalue weighted by molar-refractivity contribution is 0.0665. The number of amides is 1. The molecule has 1 aromatic rings. The number of piperidine rings is 1. The first-order valence-electron chi connectivity index (χ1n) is 7.87. The lowest BCUT2D eigenvalue weighted by Crippen LogP contribution is -2.42. The Balaban J connectivity index is 1.89. The van der Waals surface area contributed by atoms with E-state index in [1.54, 1.807) is 18.3 Å². The van der Waals surface area contributed by atoms with Gasteiger partial charge in [0.2, 0.25) is 0 Å². The summed E-state index contributed by atoms with van der Waals surface area (Å²) in [5, 5.41) is 0. The van der Waals surface area contributed by atoms with Crippen LogP contribution in [0.3, 0.4) is 0 Å². The predicted octanol–water partition coefficient (Wildman–Crippen LogP) is 1.86. The van der Waals surface area contributed by atoms with Gasteiger partial charge in [-0.2, -0.15) is 0 Å². The Labute approximate surface area is 127 Å². The first-order valence-corrected chi connectivity index (χ1v) is 7.87. The number of nitrogen functional groups attached to an aromatic ring is 1. The van der Waals surface area contributed by atoms with Crippen LogP contribution in [0, 0.1) is 5.92 Å². The quantitative estimate of drug-likeness (QED) is 0.899. The molecule has 5 nitrogen and oxygen atoms in total. The van der Waals surface area contributed by atoms with Crippen LogP contribution in [0.15, 0.2) is 18.3 Å². The average Bonchev–Trinajstić information content (AvgIpc) is 2.53. The molecule has 1 saturated heterocycles. The summed E-state index contributed by atoms with van der Waals surface area (Å²) in [6, 6.07) is 3.48. The number of nitrogens with zero attached hydrogens (tertiary/aromatic N) is 3. The topological polar surface area (TPSA) is 62.5 Å². The van der Waals surface area contributed by atoms with Gasteiger partial charge in [-0.05, 0) is 44.0 Å². The molecular formula is C16H26N4O. The van der Waals surface area contributed by atoms with E-state index in [0.29, 0.717) is 17.3 Å². The van der Waals surface area contributed by atoms with Gasteiger partial charge in [-0.15, -0.1) is 0 Å². The first kappa shape index (κ1) is 15.8. The van der Waals surface area contributed by atoms with E-state index in [2.05, 4.69) is 23.7 Å². The molecule has 2 N–H and O–H groups in total. The number of aromatic nitrogens is 1. The second-order valence-corrected chi connectivity index (χ2v) is 5.66. The molecule has 116 valence electrons. The Morgan fingerprint density at radius 1 is 1.38 bits per heavy atom. The molecule has 0 spiro atoms. The van der Waals surface area contributed by atoms with E-state index in [1.807, 2.05) is 4.90 Å². The highest BCUT2D eigenvalue weighted by molar-refractivity contribution is 5.97. The Bertz CT molecular complexity index is 465. The van der Waals surface area contributed by atoms with Gasteiger partial charge in [0, 0.05) is 25.8 Å². The Hall–Kier alpha value is -1.62. The normalized spacial score (nSPS) is 16.4. The van der Waals surface area contributed by atoms with Crippen LogP contribution in [0.1, 0.15) is 37.2 Å². The van der Waals surface area contributed by atoms with E-state index in [0.717, 1.165) is 45.6 Å². The molecule has 5 heteroatoms. The van der Waals surface area contributed by atoms with Crippen molar-refractivity contribution >= 4 is 11.6 Å². The van der Waals surface area contributed by atoms with E-state index in [9.17, 15) is 4.79 Å². The molecule has 1 fully saturated rings. The summed E-state index contributed by atoms with van der Waals surface area (Å²) in [4.78, 5) is 20.9. The SMILES string of the molecule is CCN(CC)CC1CCN(C(=O)c2ncccc2N)CC1. The number of hydrogen-bond acceptors (Lipinski definition) is 4. The molecule has 0 atom stereocenters. The largest absolute Gasteiger partial charge is 0.397 e. The molecule has 0 unspecified atom stereocenters. The lowest BCUT2D eigenvalue weighted by Gasteiger charge is -2.34. The number of rotatable bonds is 5. The van der Waals surface area contributed by atoms with Crippen LogP contribution < -0.4 is 5.73 Å². The molecule has 2 rings (SSSR count). The molecule has 0 saturated carbocycles. The zero-order valence-electron chi connectivity index (χ0n) is 13.1. The van der Waals surface area contributed by atoms with Gasteiger partial charge in [0.1, 0.15) is 0 Å². The standard InChI is InChI=1S/C16H26N4O/c1-3-19(4-2)12-13-7-10-20(11-8-13)16(21)15-14(17)6-5-9-18-15/h5-6,9,13H,3-4,7-8,10-12,17H2,1-2H3. The fourth-order valence-corrected chi connectivity index (χ4v) is 2.91. The van der Waals surface area contributed by atoms with Crippen molar-refractivity contribution in [2.75, 3.05) is 38.5 Å². The minimum absolute atomic E-state index is 0.0330. The fraction of sp³-hybridized carbons (Fsp3) is 0.625. The number of pyridine rings is 1. The summed E-state index contributed by atoms with van der Waals surface area (Å²) in [6.07, 6.45) is 3.75. The van der Waals surface area contributed by atoms with Crippen molar-refractivity contribution < 1.29 is 4.79 Å². The third kappa shape index (κ3) is 3.94. The maximum Gasteiger partial charge on any atom is 0.274 e. The van der Waals surface area contributed by atoms with Crippen LogP contribution in [0.4, 0.5) is 5.69 Å². The van der Waals surface area contributed by atoms with Crippen LogP contribution in [-0.4, -0.2) is 53.4 Å². The van der Waals surface area contributed by atoms with Crippen LogP contribution in [0.2, 0.25) is 0 Å². The number of likely N-dealkylation sites (tertiary alicyclic amines) is 1. The number of nitrogens with two attached hydrogens (primary N) is 1. The van der Waals surface area contributed by atoms with E-state index in [-0.39, 0.29) is 5.91 Å². The molecule has 0 aliphatic carbocycles. The highest BCUT2D eigenvalue weighted by Gasteiger charge is 2.26. The zero-order chi connectivity index (χ0) is 15.2. The van der Waals surface area contributed by atoms with Crippen molar-refractivity contribution in [3.63, 3.8) is 0 Å². The van der Waals surface area contributed by atoms with E-state index < -0.39 is 0 Å². The monoisotopic (exact) mass is 290 g/mol. The van der Waals surface area contributed by atoms with Crippen LogP contribution >= 0.6 is 0 Å². The van der Waals surface area contributed by atoms with Gasteiger partial charge in [0.05, 0.1) is 5.69 Å². The van der Waals surface area contributed by atoms with E-state index in [4.69, 9.17) is 5.73 Å². The number of carbonyl (C=O) groups is 1. The third-order valence-electron chi connectivity index (χ3n) is 4.35. The summed E-state index contributed by atoms with van der Waals surface area (Å²) >= 11 is 0. The molecule has 2 heterocycles. The van der Waals surface area contributed by atoms with Crippen molar-refractivity contribution in [1.29, 1.82) is 0 Å². The Morgan fingerprint density at radius 3 is 2.62 bits per heavy atom.